The number of anilines is 1. The molecule has 0 unspecified atom stereocenters. The van der Waals surface area contributed by atoms with E-state index in [0.717, 1.165) is 18.2 Å². The highest BCUT2D eigenvalue weighted by Gasteiger charge is 2.44. The van der Waals surface area contributed by atoms with Crippen LogP contribution in [0, 0.1) is 6.92 Å². The van der Waals surface area contributed by atoms with E-state index in [9.17, 15) is 0 Å². The summed E-state index contributed by atoms with van der Waals surface area (Å²) in [5.74, 6) is 2.14. The van der Waals surface area contributed by atoms with E-state index in [-0.39, 0.29) is 5.41 Å². The Morgan fingerprint density at radius 1 is 1.08 bits per heavy atom. The lowest BCUT2D eigenvalue weighted by molar-refractivity contribution is 0.355. The first-order valence-corrected chi connectivity index (χ1v) is 8.88. The number of nitrogens with one attached hydrogen (secondary N) is 2. The smallest absolute Gasteiger partial charge is 0.195 e. The molecule has 2 aromatic rings. The first-order valence-electron chi connectivity index (χ1n) is 8.88. The number of hydrogen-bond donors (Lipinski definition) is 2. The van der Waals surface area contributed by atoms with Crippen molar-refractivity contribution in [1.82, 2.24) is 5.32 Å². The Morgan fingerprint density at radius 3 is 2.42 bits per heavy atom. The molecule has 2 N–H and O–H groups in total. The molecule has 26 heavy (non-hydrogen) atoms. The van der Waals surface area contributed by atoms with Crippen LogP contribution in [0.25, 0.3) is 0 Å². The second-order valence-corrected chi connectivity index (χ2v) is 6.72. The first kappa shape index (κ1) is 18.1. The van der Waals surface area contributed by atoms with Gasteiger partial charge in [0.2, 0.25) is 0 Å². The summed E-state index contributed by atoms with van der Waals surface area (Å²) in [6, 6.07) is 14.4. The Bertz CT molecular complexity index is 798. The van der Waals surface area contributed by atoms with Crippen LogP contribution in [-0.2, 0) is 5.41 Å². The molecule has 0 heterocycles. The van der Waals surface area contributed by atoms with Crippen molar-refractivity contribution >= 4 is 11.6 Å². The van der Waals surface area contributed by atoms with Crippen molar-refractivity contribution in [3.05, 3.63) is 53.6 Å². The molecule has 1 saturated carbocycles. The number of methoxy groups -OCH3 is 2. The average molecular weight is 353 g/mol. The summed E-state index contributed by atoms with van der Waals surface area (Å²) in [5, 5.41) is 6.80. The number of ether oxygens (including phenoxy) is 2. The molecule has 138 valence electrons. The number of aliphatic imine (C=N–C) groups is 1. The van der Waals surface area contributed by atoms with Gasteiger partial charge in [-0.2, -0.15) is 0 Å². The zero-order valence-corrected chi connectivity index (χ0v) is 15.9. The summed E-state index contributed by atoms with van der Waals surface area (Å²) in [7, 11) is 5.04. The minimum absolute atomic E-state index is 0.223. The van der Waals surface area contributed by atoms with Gasteiger partial charge in [0, 0.05) is 30.8 Å². The minimum Gasteiger partial charge on any atom is -0.493 e. The Kier molecular flexibility index (Phi) is 5.35. The van der Waals surface area contributed by atoms with Crippen LogP contribution in [0.2, 0.25) is 0 Å². The second-order valence-electron chi connectivity index (χ2n) is 6.72. The largest absolute Gasteiger partial charge is 0.493 e. The number of hydrogen-bond acceptors (Lipinski definition) is 3. The van der Waals surface area contributed by atoms with Crippen molar-refractivity contribution in [2.45, 2.75) is 25.2 Å². The Hall–Kier alpha value is -2.69. The van der Waals surface area contributed by atoms with Crippen molar-refractivity contribution in [1.29, 1.82) is 0 Å². The topological polar surface area (TPSA) is 54.9 Å². The fourth-order valence-corrected chi connectivity index (χ4v) is 3.34. The lowest BCUT2D eigenvalue weighted by atomic mass is 9.92. The van der Waals surface area contributed by atoms with E-state index in [0.29, 0.717) is 11.5 Å². The molecule has 0 spiro atoms. The number of aryl methyl sites for hydroxylation is 1. The molecule has 5 nitrogen and oxygen atoms in total. The lowest BCUT2D eigenvalue weighted by Crippen LogP contribution is -2.37. The molecule has 5 heteroatoms. The number of rotatable bonds is 6. The van der Waals surface area contributed by atoms with Gasteiger partial charge < -0.3 is 20.1 Å². The van der Waals surface area contributed by atoms with Crippen LogP contribution in [0.15, 0.2) is 47.5 Å². The zero-order chi connectivity index (χ0) is 18.6. The molecule has 0 radical (unpaired) electrons. The predicted octanol–water partition coefficient (Wildman–Crippen LogP) is 3.73. The third-order valence-electron chi connectivity index (χ3n) is 5.03. The van der Waals surface area contributed by atoms with Gasteiger partial charge in [-0.15, -0.1) is 0 Å². The minimum atomic E-state index is 0.223. The quantitative estimate of drug-likeness (QED) is 0.614. The van der Waals surface area contributed by atoms with Crippen molar-refractivity contribution in [3.63, 3.8) is 0 Å². The summed E-state index contributed by atoms with van der Waals surface area (Å²) < 4.78 is 10.6. The fourth-order valence-electron chi connectivity index (χ4n) is 3.34. The van der Waals surface area contributed by atoms with E-state index in [2.05, 4.69) is 46.8 Å². The van der Waals surface area contributed by atoms with Gasteiger partial charge in [0.15, 0.2) is 17.5 Å². The summed E-state index contributed by atoms with van der Waals surface area (Å²) in [4.78, 5) is 4.35. The summed E-state index contributed by atoms with van der Waals surface area (Å²) in [6.07, 6.45) is 2.41. The van der Waals surface area contributed by atoms with Gasteiger partial charge in [0.25, 0.3) is 0 Å². The normalized spacial score (nSPS) is 15.3. The molecule has 0 aliphatic heterocycles. The Labute approximate surface area is 155 Å². The van der Waals surface area contributed by atoms with Crippen molar-refractivity contribution < 1.29 is 9.47 Å². The molecule has 0 bridgehead atoms. The van der Waals surface area contributed by atoms with Crippen LogP contribution >= 0.6 is 0 Å². The van der Waals surface area contributed by atoms with Crippen molar-refractivity contribution in [3.8, 4) is 11.5 Å². The SMILES string of the molecule is CN=C(NCC1(c2ccccc2C)CC1)Nc1ccc(OC)c(OC)c1. The number of guanidine groups is 1. The molecule has 0 saturated heterocycles. The van der Waals surface area contributed by atoms with E-state index < -0.39 is 0 Å². The molecule has 0 aromatic heterocycles. The van der Waals surface area contributed by atoms with Crippen LogP contribution in [0.3, 0.4) is 0 Å². The maximum absolute atomic E-state index is 5.36. The third kappa shape index (κ3) is 3.77. The lowest BCUT2D eigenvalue weighted by Gasteiger charge is -2.21. The maximum Gasteiger partial charge on any atom is 0.195 e. The summed E-state index contributed by atoms with van der Waals surface area (Å²) >= 11 is 0. The molecular formula is C21H27N3O2. The first-order chi connectivity index (χ1) is 12.6. The number of nitrogens with zero attached hydrogens (tertiary/aromatic N) is 1. The molecule has 1 fully saturated rings. The molecule has 1 aliphatic rings. The van der Waals surface area contributed by atoms with Crippen molar-refractivity contribution in [2.75, 3.05) is 33.1 Å². The highest BCUT2D eigenvalue weighted by atomic mass is 16.5. The van der Waals surface area contributed by atoms with Gasteiger partial charge in [0.05, 0.1) is 14.2 Å². The third-order valence-corrected chi connectivity index (χ3v) is 5.03. The highest BCUT2D eigenvalue weighted by molar-refractivity contribution is 5.94. The van der Waals surface area contributed by atoms with Gasteiger partial charge in [0.1, 0.15) is 0 Å². The van der Waals surface area contributed by atoms with Crippen LogP contribution in [0.5, 0.6) is 11.5 Å². The highest BCUT2D eigenvalue weighted by Crippen LogP contribution is 2.48. The van der Waals surface area contributed by atoms with Gasteiger partial charge in [-0.3, -0.25) is 4.99 Å². The molecule has 2 aromatic carbocycles. The van der Waals surface area contributed by atoms with Gasteiger partial charge in [-0.25, -0.2) is 0 Å². The summed E-state index contributed by atoms with van der Waals surface area (Å²) in [5.41, 5.74) is 3.92. The summed E-state index contributed by atoms with van der Waals surface area (Å²) in [6.45, 7) is 3.05. The molecular weight excluding hydrogens is 326 g/mol. The van der Waals surface area contributed by atoms with E-state index in [1.54, 1.807) is 21.3 Å². The second kappa shape index (κ2) is 7.68. The molecule has 3 rings (SSSR count). The number of benzene rings is 2. The standard InChI is InChI=1S/C21H27N3O2/c1-15-7-5-6-8-17(15)21(11-12-21)14-23-20(22-2)24-16-9-10-18(25-3)19(13-16)26-4/h5-10,13H,11-12,14H2,1-4H3,(H2,22,23,24). The van der Waals surface area contributed by atoms with Crippen LogP contribution in [-0.4, -0.2) is 33.8 Å². The van der Waals surface area contributed by atoms with E-state index in [1.807, 2.05) is 18.2 Å². The van der Waals surface area contributed by atoms with Crippen molar-refractivity contribution in [2.24, 2.45) is 4.99 Å². The Balaban J connectivity index is 1.67. The average Bonchev–Trinajstić information content (AvgIpc) is 3.46. The van der Waals surface area contributed by atoms with E-state index in [4.69, 9.17) is 9.47 Å². The van der Waals surface area contributed by atoms with Crippen LogP contribution in [0.4, 0.5) is 5.69 Å². The van der Waals surface area contributed by atoms with Gasteiger partial charge in [-0.1, -0.05) is 24.3 Å². The zero-order valence-electron chi connectivity index (χ0n) is 15.9. The molecule has 0 atom stereocenters. The van der Waals surface area contributed by atoms with Crippen LogP contribution < -0.4 is 20.1 Å². The predicted molar refractivity (Wildman–Crippen MR) is 107 cm³/mol. The fraction of sp³-hybridized carbons (Fsp3) is 0.381. The monoisotopic (exact) mass is 353 g/mol. The van der Waals surface area contributed by atoms with E-state index >= 15 is 0 Å². The van der Waals surface area contributed by atoms with Gasteiger partial charge >= 0.3 is 0 Å². The van der Waals surface area contributed by atoms with E-state index in [1.165, 1.54) is 24.0 Å². The van der Waals surface area contributed by atoms with Gasteiger partial charge in [-0.05, 0) is 43.0 Å². The maximum atomic E-state index is 5.36. The van der Waals surface area contributed by atoms with Crippen LogP contribution in [0.1, 0.15) is 24.0 Å². The Morgan fingerprint density at radius 2 is 1.81 bits per heavy atom. The molecule has 1 aliphatic carbocycles. The molecule has 0 amide bonds.